The SMILES string of the molecule is C=C(C)c1cccc(-c2ccc(C)c(C)c2)c1. The molecule has 0 amide bonds. The minimum atomic E-state index is 1.11. The fourth-order valence-electron chi connectivity index (χ4n) is 1.89. The molecule has 0 saturated heterocycles. The number of aryl methyl sites for hydroxylation is 2. The molecule has 0 nitrogen and oxygen atoms in total. The zero-order valence-electron chi connectivity index (χ0n) is 10.7. The van der Waals surface area contributed by atoms with E-state index in [0.717, 1.165) is 5.57 Å². The average molecular weight is 222 g/mol. The summed E-state index contributed by atoms with van der Waals surface area (Å²) >= 11 is 0. The van der Waals surface area contributed by atoms with Gasteiger partial charge in [-0.05, 0) is 54.7 Å². The third-order valence-corrected chi connectivity index (χ3v) is 3.20. The maximum Gasteiger partial charge on any atom is -0.0178 e. The van der Waals surface area contributed by atoms with Crippen molar-refractivity contribution in [2.24, 2.45) is 0 Å². The minimum absolute atomic E-state index is 1.11. The molecule has 0 spiro atoms. The van der Waals surface area contributed by atoms with Gasteiger partial charge in [0.1, 0.15) is 0 Å². The van der Waals surface area contributed by atoms with Crippen molar-refractivity contribution in [3.63, 3.8) is 0 Å². The smallest absolute Gasteiger partial charge is 0.0178 e. The van der Waals surface area contributed by atoms with E-state index in [1.54, 1.807) is 0 Å². The minimum Gasteiger partial charge on any atom is -0.0955 e. The van der Waals surface area contributed by atoms with Crippen molar-refractivity contribution in [3.05, 3.63) is 65.7 Å². The van der Waals surface area contributed by atoms with Gasteiger partial charge >= 0.3 is 0 Å². The molecule has 0 unspecified atom stereocenters. The van der Waals surface area contributed by atoms with Crippen molar-refractivity contribution in [3.8, 4) is 11.1 Å². The highest BCUT2D eigenvalue weighted by Crippen LogP contribution is 2.24. The van der Waals surface area contributed by atoms with Gasteiger partial charge in [-0.25, -0.2) is 0 Å². The van der Waals surface area contributed by atoms with Crippen LogP contribution in [0.1, 0.15) is 23.6 Å². The lowest BCUT2D eigenvalue weighted by atomic mass is 9.98. The van der Waals surface area contributed by atoms with Crippen LogP contribution in [0.4, 0.5) is 0 Å². The average Bonchev–Trinajstić information content (AvgIpc) is 2.33. The van der Waals surface area contributed by atoms with Crippen molar-refractivity contribution < 1.29 is 0 Å². The molecule has 0 saturated carbocycles. The lowest BCUT2D eigenvalue weighted by Crippen LogP contribution is -1.85. The number of allylic oxidation sites excluding steroid dienone is 1. The van der Waals surface area contributed by atoms with E-state index in [4.69, 9.17) is 0 Å². The Bertz CT molecular complexity index is 562. The number of benzene rings is 2. The molecule has 0 heteroatoms. The Balaban J connectivity index is 2.49. The van der Waals surface area contributed by atoms with E-state index in [1.165, 1.54) is 27.8 Å². The van der Waals surface area contributed by atoms with E-state index in [0.29, 0.717) is 0 Å². The topological polar surface area (TPSA) is 0 Å². The molecule has 2 aromatic carbocycles. The summed E-state index contributed by atoms with van der Waals surface area (Å²) in [6, 6.07) is 15.1. The highest BCUT2D eigenvalue weighted by molar-refractivity contribution is 5.71. The van der Waals surface area contributed by atoms with Crippen LogP contribution in [0.2, 0.25) is 0 Å². The van der Waals surface area contributed by atoms with E-state index in [2.05, 4.69) is 62.9 Å². The third kappa shape index (κ3) is 2.47. The van der Waals surface area contributed by atoms with Gasteiger partial charge in [0.15, 0.2) is 0 Å². The van der Waals surface area contributed by atoms with Crippen molar-refractivity contribution in [1.29, 1.82) is 0 Å². The van der Waals surface area contributed by atoms with Crippen molar-refractivity contribution in [2.45, 2.75) is 20.8 Å². The Labute approximate surface area is 104 Å². The Morgan fingerprint density at radius 3 is 2.24 bits per heavy atom. The molecule has 2 aromatic rings. The lowest BCUT2D eigenvalue weighted by Gasteiger charge is -2.07. The molecular formula is C17H18. The molecule has 0 fully saturated rings. The Hall–Kier alpha value is -1.82. The second-order valence-corrected chi connectivity index (χ2v) is 4.66. The van der Waals surface area contributed by atoms with Gasteiger partial charge in [0.05, 0.1) is 0 Å². The zero-order chi connectivity index (χ0) is 12.4. The van der Waals surface area contributed by atoms with Gasteiger partial charge < -0.3 is 0 Å². The van der Waals surface area contributed by atoms with Crippen LogP contribution in [0.5, 0.6) is 0 Å². The van der Waals surface area contributed by atoms with Gasteiger partial charge in [0.2, 0.25) is 0 Å². The summed E-state index contributed by atoms with van der Waals surface area (Å²) in [6.45, 7) is 10.3. The van der Waals surface area contributed by atoms with Gasteiger partial charge in [-0.1, -0.05) is 48.6 Å². The van der Waals surface area contributed by atoms with Crippen LogP contribution in [0, 0.1) is 13.8 Å². The quantitative estimate of drug-likeness (QED) is 0.670. The maximum atomic E-state index is 3.99. The molecule has 0 atom stereocenters. The van der Waals surface area contributed by atoms with E-state index in [9.17, 15) is 0 Å². The third-order valence-electron chi connectivity index (χ3n) is 3.20. The fourth-order valence-corrected chi connectivity index (χ4v) is 1.89. The lowest BCUT2D eigenvalue weighted by molar-refractivity contribution is 1.34. The van der Waals surface area contributed by atoms with Crippen LogP contribution < -0.4 is 0 Å². The second kappa shape index (κ2) is 4.58. The van der Waals surface area contributed by atoms with Gasteiger partial charge in [-0.3, -0.25) is 0 Å². The van der Waals surface area contributed by atoms with Crippen LogP contribution in [-0.2, 0) is 0 Å². The normalized spacial score (nSPS) is 10.3. The van der Waals surface area contributed by atoms with Crippen molar-refractivity contribution in [2.75, 3.05) is 0 Å². The van der Waals surface area contributed by atoms with Gasteiger partial charge in [-0.2, -0.15) is 0 Å². The summed E-state index contributed by atoms with van der Waals surface area (Å²) in [5.74, 6) is 0. The summed E-state index contributed by atoms with van der Waals surface area (Å²) in [6.07, 6.45) is 0. The summed E-state index contributed by atoms with van der Waals surface area (Å²) in [5.41, 5.74) is 7.52. The van der Waals surface area contributed by atoms with Gasteiger partial charge in [0, 0.05) is 0 Å². The van der Waals surface area contributed by atoms with E-state index in [-0.39, 0.29) is 0 Å². The van der Waals surface area contributed by atoms with Crippen molar-refractivity contribution in [1.82, 2.24) is 0 Å². The number of hydrogen-bond acceptors (Lipinski definition) is 0. The number of hydrogen-bond donors (Lipinski definition) is 0. The predicted molar refractivity (Wildman–Crippen MR) is 76.1 cm³/mol. The van der Waals surface area contributed by atoms with Crippen LogP contribution in [0.3, 0.4) is 0 Å². The Morgan fingerprint density at radius 1 is 0.882 bits per heavy atom. The first-order chi connectivity index (χ1) is 8.08. The molecule has 2 rings (SSSR count). The Morgan fingerprint density at radius 2 is 1.59 bits per heavy atom. The van der Waals surface area contributed by atoms with E-state index in [1.807, 2.05) is 6.92 Å². The molecule has 86 valence electrons. The van der Waals surface area contributed by atoms with E-state index < -0.39 is 0 Å². The molecule has 0 aliphatic heterocycles. The van der Waals surface area contributed by atoms with Crippen LogP contribution in [0.15, 0.2) is 49.0 Å². The molecule has 17 heavy (non-hydrogen) atoms. The monoisotopic (exact) mass is 222 g/mol. The molecule has 0 bridgehead atoms. The second-order valence-electron chi connectivity index (χ2n) is 4.66. The van der Waals surface area contributed by atoms with Crippen molar-refractivity contribution >= 4 is 5.57 Å². The summed E-state index contributed by atoms with van der Waals surface area (Å²) in [5, 5.41) is 0. The van der Waals surface area contributed by atoms with Crippen LogP contribution in [-0.4, -0.2) is 0 Å². The molecule has 0 N–H and O–H groups in total. The first-order valence-corrected chi connectivity index (χ1v) is 5.91. The summed E-state index contributed by atoms with van der Waals surface area (Å²) < 4.78 is 0. The first-order valence-electron chi connectivity index (χ1n) is 5.91. The molecule has 0 radical (unpaired) electrons. The van der Waals surface area contributed by atoms with E-state index >= 15 is 0 Å². The summed E-state index contributed by atoms with van der Waals surface area (Å²) in [7, 11) is 0. The highest BCUT2D eigenvalue weighted by atomic mass is 14.1. The molecule has 0 aliphatic carbocycles. The van der Waals surface area contributed by atoms with Crippen LogP contribution in [0.25, 0.3) is 16.7 Å². The molecular weight excluding hydrogens is 204 g/mol. The fraction of sp³-hybridized carbons (Fsp3) is 0.176. The predicted octanol–water partition coefficient (Wildman–Crippen LogP) is 5.00. The Kier molecular flexibility index (Phi) is 3.14. The maximum absolute atomic E-state index is 3.99. The standard InChI is InChI=1S/C17H18/c1-12(2)15-6-5-7-16(11-15)17-9-8-13(3)14(4)10-17/h5-11H,1H2,2-4H3. The number of rotatable bonds is 2. The summed E-state index contributed by atoms with van der Waals surface area (Å²) in [4.78, 5) is 0. The van der Waals surface area contributed by atoms with Gasteiger partial charge in [-0.15, -0.1) is 0 Å². The zero-order valence-corrected chi connectivity index (χ0v) is 10.7. The molecule has 0 aliphatic rings. The van der Waals surface area contributed by atoms with Crippen LogP contribution >= 0.6 is 0 Å². The largest absolute Gasteiger partial charge is 0.0955 e. The van der Waals surface area contributed by atoms with Gasteiger partial charge in [0.25, 0.3) is 0 Å². The molecule has 0 aromatic heterocycles. The molecule has 0 heterocycles. The highest BCUT2D eigenvalue weighted by Gasteiger charge is 2.01. The first kappa shape index (κ1) is 11.7.